The number of anilines is 1. The number of hydrogen-bond donors (Lipinski definition) is 2. The van der Waals surface area contributed by atoms with Crippen molar-refractivity contribution in [3.05, 3.63) is 5.01 Å². The maximum atomic E-state index is 5.48. The van der Waals surface area contributed by atoms with Gasteiger partial charge >= 0.3 is 0 Å². The maximum Gasteiger partial charge on any atom is 0.203 e. The summed E-state index contributed by atoms with van der Waals surface area (Å²) in [5.74, 6) is 0. The first kappa shape index (κ1) is 13.5. The molecule has 7 heteroatoms. The van der Waals surface area contributed by atoms with Gasteiger partial charge in [-0.3, -0.25) is 0 Å². The van der Waals surface area contributed by atoms with Crippen LogP contribution in [-0.2, 0) is 0 Å². The molecular formula is C4H10Cl2N4S. The van der Waals surface area contributed by atoms with Crippen LogP contribution < -0.4 is 11.5 Å². The smallest absolute Gasteiger partial charge is 0.203 e. The van der Waals surface area contributed by atoms with Crippen LogP contribution >= 0.6 is 36.2 Å². The molecule has 4 nitrogen and oxygen atoms in total. The van der Waals surface area contributed by atoms with E-state index < -0.39 is 0 Å². The summed E-state index contributed by atoms with van der Waals surface area (Å²) in [5.41, 5.74) is 10.8. The lowest BCUT2D eigenvalue weighted by atomic mass is 10.4. The van der Waals surface area contributed by atoms with E-state index in [4.69, 9.17) is 11.5 Å². The lowest BCUT2D eigenvalue weighted by Crippen LogP contribution is -2.03. The number of nitrogens with two attached hydrogens (primary N) is 2. The Morgan fingerprint density at radius 3 is 2.09 bits per heavy atom. The first-order valence-electron chi connectivity index (χ1n) is 2.54. The zero-order valence-corrected chi connectivity index (χ0v) is 8.30. The Morgan fingerprint density at radius 1 is 1.36 bits per heavy atom. The minimum Gasteiger partial charge on any atom is -0.374 e. The van der Waals surface area contributed by atoms with Crippen molar-refractivity contribution in [1.82, 2.24) is 10.2 Å². The average Bonchev–Trinajstić information content (AvgIpc) is 2.14. The highest BCUT2D eigenvalue weighted by molar-refractivity contribution is 7.15. The Labute approximate surface area is 81.2 Å². The highest BCUT2D eigenvalue weighted by Gasteiger charge is 2.03. The second-order valence-electron chi connectivity index (χ2n) is 1.77. The third-order valence-corrected chi connectivity index (χ3v) is 1.80. The predicted octanol–water partition coefficient (Wildman–Crippen LogP) is 0.984. The Balaban J connectivity index is 0. The molecule has 0 aliphatic heterocycles. The van der Waals surface area contributed by atoms with Crippen LogP contribution in [0.5, 0.6) is 0 Å². The van der Waals surface area contributed by atoms with Gasteiger partial charge in [0.2, 0.25) is 5.13 Å². The quantitative estimate of drug-likeness (QED) is 0.735. The first-order chi connectivity index (χ1) is 4.20. The summed E-state index contributed by atoms with van der Waals surface area (Å²) in [6, 6.07) is -0.0557. The monoisotopic (exact) mass is 216 g/mol. The van der Waals surface area contributed by atoms with Gasteiger partial charge in [-0.05, 0) is 6.92 Å². The van der Waals surface area contributed by atoms with E-state index in [2.05, 4.69) is 10.2 Å². The van der Waals surface area contributed by atoms with Gasteiger partial charge in [-0.15, -0.1) is 35.0 Å². The van der Waals surface area contributed by atoms with Gasteiger partial charge in [0.15, 0.2) is 0 Å². The van der Waals surface area contributed by atoms with Crippen molar-refractivity contribution in [2.75, 3.05) is 5.73 Å². The van der Waals surface area contributed by atoms with Gasteiger partial charge in [-0.1, -0.05) is 11.3 Å². The molecule has 4 N–H and O–H groups in total. The molecule has 0 saturated heterocycles. The number of rotatable bonds is 1. The van der Waals surface area contributed by atoms with E-state index in [1.54, 1.807) is 0 Å². The lowest BCUT2D eigenvalue weighted by molar-refractivity contribution is 0.786. The summed E-state index contributed by atoms with van der Waals surface area (Å²) in [6.07, 6.45) is 0. The van der Waals surface area contributed by atoms with Gasteiger partial charge < -0.3 is 11.5 Å². The Bertz CT molecular complexity index is 202. The summed E-state index contributed by atoms with van der Waals surface area (Å²) in [4.78, 5) is 0. The summed E-state index contributed by atoms with van der Waals surface area (Å²) in [6.45, 7) is 1.85. The largest absolute Gasteiger partial charge is 0.374 e. The molecule has 11 heavy (non-hydrogen) atoms. The Hall–Kier alpha value is -0.100. The minimum atomic E-state index is -0.0557. The molecule has 1 atom stereocenters. The van der Waals surface area contributed by atoms with Gasteiger partial charge in [0.05, 0.1) is 6.04 Å². The summed E-state index contributed by atoms with van der Waals surface area (Å²) < 4.78 is 0. The van der Waals surface area contributed by atoms with Crippen molar-refractivity contribution in [3.63, 3.8) is 0 Å². The third kappa shape index (κ3) is 3.71. The van der Waals surface area contributed by atoms with Crippen molar-refractivity contribution < 1.29 is 0 Å². The SMILES string of the molecule is CC(N)c1nnc(N)s1.Cl.Cl. The molecule has 0 fully saturated rings. The topological polar surface area (TPSA) is 77.8 Å². The first-order valence-corrected chi connectivity index (χ1v) is 3.36. The number of hydrogen-bond acceptors (Lipinski definition) is 5. The zero-order valence-electron chi connectivity index (χ0n) is 5.85. The van der Waals surface area contributed by atoms with E-state index in [1.807, 2.05) is 6.92 Å². The van der Waals surface area contributed by atoms with Gasteiger partial charge in [0.1, 0.15) is 5.01 Å². The molecular weight excluding hydrogens is 207 g/mol. The van der Waals surface area contributed by atoms with E-state index >= 15 is 0 Å². The van der Waals surface area contributed by atoms with E-state index in [0.29, 0.717) is 5.13 Å². The fraction of sp³-hybridized carbons (Fsp3) is 0.500. The number of nitrogen functional groups attached to an aromatic ring is 1. The molecule has 1 heterocycles. The molecule has 0 radical (unpaired) electrons. The van der Waals surface area contributed by atoms with Crippen molar-refractivity contribution in [2.24, 2.45) is 5.73 Å². The molecule has 66 valence electrons. The van der Waals surface area contributed by atoms with E-state index in [0.717, 1.165) is 5.01 Å². The summed E-state index contributed by atoms with van der Waals surface area (Å²) in [7, 11) is 0. The van der Waals surface area contributed by atoms with E-state index in [1.165, 1.54) is 11.3 Å². The van der Waals surface area contributed by atoms with Crippen molar-refractivity contribution >= 4 is 41.3 Å². The standard InChI is InChI=1S/C4H8N4S.2ClH/c1-2(5)3-7-8-4(6)9-3;;/h2H,5H2,1H3,(H2,6,8);2*1H. The third-order valence-electron chi connectivity index (χ3n) is 0.846. The van der Waals surface area contributed by atoms with Crippen LogP contribution in [0.15, 0.2) is 0 Å². The Morgan fingerprint density at radius 2 is 1.91 bits per heavy atom. The molecule has 1 unspecified atom stereocenters. The predicted molar refractivity (Wildman–Crippen MR) is 51.4 cm³/mol. The second kappa shape index (κ2) is 5.54. The van der Waals surface area contributed by atoms with Gasteiger partial charge in [-0.2, -0.15) is 0 Å². The van der Waals surface area contributed by atoms with Crippen molar-refractivity contribution in [3.8, 4) is 0 Å². The number of aromatic nitrogens is 2. The van der Waals surface area contributed by atoms with Crippen LogP contribution in [0.1, 0.15) is 18.0 Å². The van der Waals surface area contributed by atoms with Crippen LogP contribution in [0, 0.1) is 0 Å². The van der Waals surface area contributed by atoms with Crippen molar-refractivity contribution in [2.45, 2.75) is 13.0 Å². The molecule has 0 aliphatic carbocycles. The number of halogens is 2. The van der Waals surface area contributed by atoms with Gasteiger partial charge in [0, 0.05) is 0 Å². The number of nitrogens with zero attached hydrogens (tertiary/aromatic N) is 2. The maximum absolute atomic E-state index is 5.48. The summed E-state index contributed by atoms with van der Waals surface area (Å²) in [5, 5.41) is 8.60. The van der Waals surface area contributed by atoms with Crippen LogP contribution in [0.3, 0.4) is 0 Å². The second-order valence-corrected chi connectivity index (χ2v) is 2.81. The van der Waals surface area contributed by atoms with Gasteiger partial charge in [0.25, 0.3) is 0 Å². The molecule has 1 aromatic rings. The van der Waals surface area contributed by atoms with Crippen LogP contribution in [0.25, 0.3) is 0 Å². The summed E-state index contributed by atoms with van der Waals surface area (Å²) >= 11 is 1.33. The van der Waals surface area contributed by atoms with Crippen LogP contribution in [0.2, 0.25) is 0 Å². The van der Waals surface area contributed by atoms with E-state index in [9.17, 15) is 0 Å². The lowest BCUT2D eigenvalue weighted by Gasteiger charge is -1.93. The molecule has 0 aliphatic rings. The Kier molecular flexibility index (Phi) is 6.79. The average molecular weight is 217 g/mol. The fourth-order valence-corrected chi connectivity index (χ4v) is 0.994. The molecule has 0 bridgehead atoms. The molecule has 0 aromatic carbocycles. The van der Waals surface area contributed by atoms with Crippen LogP contribution in [-0.4, -0.2) is 10.2 Å². The van der Waals surface area contributed by atoms with Gasteiger partial charge in [-0.25, -0.2) is 0 Å². The highest BCUT2D eigenvalue weighted by Crippen LogP contribution is 2.15. The molecule has 0 spiro atoms. The fourth-order valence-electron chi connectivity index (χ4n) is 0.431. The normalized spacial score (nSPS) is 11.1. The van der Waals surface area contributed by atoms with Crippen molar-refractivity contribution in [1.29, 1.82) is 0 Å². The molecule has 0 amide bonds. The highest BCUT2D eigenvalue weighted by atomic mass is 35.5. The molecule has 1 rings (SSSR count). The minimum absolute atomic E-state index is 0. The zero-order chi connectivity index (χ0) is 6.85. The van der Waals surface area contributed by atoms with Crippen LogP contribution in [0.4, 0.5) is 5.13 Å². The van der Waals surface area contributed by atoms with E-state index in [-0.39, 0.29) is 30.9 Å². The molecule has 1 aromatic heterocycles. The molecule has 0 saturated carbocycles.